The van der Waals surface area contributed by atoms with E-state index in [1.807, 2.05) is 24.3 Å². The zero-order valence-electron chi connectivity index (χ0n) is 14.6. The molecule has 0 aliphatic carbocycles. The van der Waals surface area contributed by atoms with Crippen LogP contribution in [0.25, 0.3) is 0 Å². The highest BCUT2D eigenvalue weighted by Crippen LogP contribution is 2.26. The van der Waals surface area contributed by atoms with Gasteiger partial charge in [-0.2, -0.15) is 0 Å². The fourth-order valence-corrected chi connectivity index (χ4v) is 2.90. The molecule has 1 saturated heterocycles. The molecule has 1 amide bonds. The molecule has 1 atom stereocenters. The number of amides is 1. The van der Waals surface area contributed by atoms with Gasteiger partial charge in [0.05, 0.1) is 19.8 Å². The van der Waals surface area contributed by atoms with Crippen molar-refractivity contribution in [2.45, 2.75) is 6.10 Å². The molecule has 0 saturated carbocycles. The molecule has 2 aromatic rings. The highest BCUT2D eigenvalue weighted by Gasteiger charge is 2.28. The maximum atomic E-state index is 13.0. The summed E-state index contributed by atoms with van der Waals surface area (Å²) in [5, 5.41) is 0.672. The number of hydrogen-bond donors (Lipinski definition) is 0. The van der Waals surface area contributed by atoms with Crippen LogP contribution in [0.15, 0.2) is 42.6 Å². The number of ether oxygens (including phenoxy) is 3. The van der Waals surface area contributed by atoms with Crippen molar-refractivity contribution in [1.29, 1.82) is 0 Å². The van der Waals surface area contributed by atoms with Gasteiger partial charge >= 0.3 is 0 Å². The van der Waals surface area contributed by atoms with E-state index < -0.39 is 0 Å². The third kappa shape index (κ3) is 4.52. The number of benzene rings is 1. The largest absolute Gasteiger partial charge is 0.475 e. The van der Waals surface area contributed by atoms with E-state index in [4.69, 9.17) is 25.8 Å². The van der Waals surface area contributed by atoms with Gasteiger partial charge < -0.3 is 19.1 Å². The highest BCUT2D eigenvalue weighted by atomic mass is 35.5. The first-order valence-electron chi connectivity index (χ1n) is 8.42. The summed E-state index contributed by atoms with van der Waals surface area (Å²) < 4.78 is 16.4. The summed E-state index contributed by atoms with van der Waals surface area (Å²) in [4.78, 5) is 18.9. The predicted octanol–water partition coefficient (Wildman–Crippen LogP) is 2.97. The van der Waals surface area contributed by atoms with E-state index in [1.165, 1.54) is 0 Å². The molecule has 26 heavy (non-hydrogen) atoms. The van der Waals surface area contributed by atoms with E-state index in [9.17, 15) is 4.79 Å². The molecule has 0 radical (unpaired) electrons. The number of pyridine rings is 1. The number of morpholine rings is 1. The first kappa shape index (κ1) is 18.6. The van der Waals surface area contributed by atoms with Gasteiger partial charge in [0.15, 0.2) is 0 Å². The van der Waals surface area contributed by atoms with Crippen LogP contribution in [0.4, 0.5) is 0 Å². The standard InChI is InChI=1S/C19H21ClN2O4/c1-24-11-12-26-18-16(3-2-8-21-18)19(23)22-9-10-25-17(13-22)14-4-6-15(20)7-5-14/h2-8,17H,9-13H2,1H3. The van der Waals surface area contributed by atoms with Gasteiger partial charge in [-0.25, -0.2) is 4.98 Å². The van der Waals surface area contributed by atoms with Gasteiger partial charge in [0.2, 0.25) is 5.88 Å². The fourth-order valence-electron chi connectivity index (χ4n) is 2.77. The van der Waals surface area contributed by atoms with Crippen molar-refractivity contribution in [3.8, 4) is 5.88 Å². The van der Waals surface area contributed by atoms with Crippen LogP contribution in [0.3, 0.4) is 0 Å². The second kappa shape index (κ2) is 8.98. The van der Waals surface area contributed by atoms with Crippen LogP contribution < -0.4 is 4.74 Å². The minimum absolute atomic E-state index is 0.118. The minimum atomic E-state index is -0.181. The zero-order chi connectivity index (χ0) is 18.4. The molecular weight excluding hydrogens is 356 g/mol. The summed E-state index contributed by atoms with van der Waals surface area (Å²) in [7, 11) is 1.60. The maximum Gasteiger partial charge on any atom is 0.259 e. The average Bonchev–Trinajstić information content (AvgIpc) is 2.69. The molecule has 7 heteroatoms. The van der Waals surface area contributed by atoms with E-state index in [-0.39, 0.29) is 12.0 Å². The lowest BCUT2D eigenvalue weighted by Gasteiger charge is -2.33. The molecule has 2 heterocycles. The molecule has 1 fully saturated rings. The first-order chi connectivity index (χ1) is 12.7. The Morgan fingerprint density at radius 2 is 2.12 bits per heavy atom. The van der Waals surface area contributed by atoms with E-state index in [1.54, 1.807) is 30.3 Å². The van der Waals surface area contributed by atoms with Gasteiger partial charge in [-0.1, -0.05) is 23.7 Å². The minimum Gasteiger partial charge on any atom is -0.475 e. The van der Waals surface area contributed by atoms with Crippen LogP contribution in [0.1, 0.15) is 22.0 Å². The quantitative estimate of drug-likeness (QED) is 0.725. The molecule has 1 aromatic heterocycles. The van der Waals surface area contributed by atoms with E-state index in [0.29, 0.717) is 49.4 Å². The van der Waals surface area contributed by atoms with Crippen molar-refractivity contribution in [1.82, 2.24) is 9.88 Å². The number of methoxy groups -OCH3 is 1. The van der Waals surface area contributed by atoms with Crippen LogP contribution in [0, 0.1) is 0 Å². The molecule has 6 nitrogen and oxygen atoms in total. The number of hydrogen-bond acceptors (Lipinski definition) is 5. The Bertz CT molecular complexity index is 739. The van der Waals surface area contributed by atoms with Crippen molar-refractivity contribution < 1.29 is 19.0 Å². The number of aromatic nitrogens is 1. The average molecular weight is 377 g/mol. The van der Waals surface area contributed by atoms with E-state index in [2.05, 4.69) is 4.98 Å². The Balaban J connectivity index is 1.72. The van der Waals surface area contributed by atoms with Crippen LogP contribution >= 0.6 is 11.6 Å². The maximum absolute atomic E-state index is 13.0. The van der Waals surface area contributed by atoms with Crippen LogP contribution in [-0.2, 0) is 9.47 Å². The van der Waals surface area contributed by atoms with Gasteiger partial charge in [-0.15, -0.1) is 0 Å². The number of carbonyl (C=O) groups excluding carboxylic acids is 1. The predicted molar refractivity (Wildman–Crippen MR) is 97.7 cm³/mol. The second-order valence-electron chi connectivity index (χ2n) is 5.86. The molecule has 1 aromatic carbocycles. The summed E-state index contributed by atoms with van der Waals surface area (Å²) >= 11 is 5.94. The smallest absolute Gasteiger partial charge is 0.259 e. The van der Waals surface area contributed by atoms with Crippen molar-refractivity contribution in [2.24, 2.45) is 0 Å². The topological polar surface area (TPSA) is 60.9 Å². The van der Waals surface area contributed by atoms with Crippen LogP contribution in [0.5, 0.6) is 5.88 Å². The number of halogens is 1. The Hall–Kier alpha value is -2.15. The van der Waals surface area contributed by atoms with Crippen molar-refractivity contribution in [3.63, 3.8) is 0 Å². The summed E-state index contributed by atoms with van der Waals surface area (Å²) in [6, 6.07) is 10.9. The lowest BCUT2D eigenvalue weighted by molar-refractivity contribution is -0.0229. The van der Waals surface area contributed by atoms with Crippen molar-refractivity contribution >= 4 is 17.5 Å². The lowest BCUT2D eigenvalue weighted by Crippen LogP contribution is -2.42. The molecule has 0 spiro atoms. The normalized spacial score (nSPS) is 17.2. The molecule has 0 N–H and O–H groups in total. The number of carbonyl (C=O) groups is 1. The number of rotatable bonds is 6. The summed E-state index contributed by atoms with van der Waals surface area (Å²) in [5.74, 6) is 0.205. The SMILES string of the molecule is COCCOc1ncccc1C(=O)N1CCOC(c2ccc(Cl)cc2)C1. The molecule has 0 bridgehead atoms. The summed E-state index contributed by atoms with van der Waals surface area (Å²) in [6.07, 6.45) is 1.42. The highest BCUT2D eigenvalue weighted by molar-refractivity contribution is 6.30. The lowest BCUT2D eigenvalue weighted by atomic mass is 10.1. The molecule has 1 aliphatic heterocycles. The summed E-state index contributed by atoms with van der Waals surface area (Å²) in [6.45, 7) is 2.23. The Labute approximate surface area is 157 Å². The van der Waals surface area contributed by atoms with Gasteiger partial charge in [-0.05, 0) is 29.8 Å². The molecule has 1 aliphatic rings. The van der Waals surface area contributed by atoms with Crippen molar-refractivity contribution in [3.05, 3.63) is 58.7 Å². The van der Waals surface area contributed by atoms with Crippen molar-refractivity contribution in [2.75, 3.05) is 40.0 Å². The van der Waals surface area contributed by atoms with Gasteiger partial charge in [0.25, 0.3) is 5.91 Å². The number of nitrogens with zero attached hydrogens (tertiary/aromatic N) is 2. The van der Waals surface area contributed by atoms with Gasteiger partial charge in [0, 0.05) is 24.9 Å². The van der Waals surface area contributed by atoms with E-state index in [0.717, 1.165) is 5.56 Å². The van der Waals surface area contributed by atoms with Gasteiger partial charge in [-0.3, -0.25) is 4.79 Å². The molecular formula is C19H21ClN2O4. The Kier molecular flexibility index (Phi) is 6.44. The molecule has 138 valence electrons. The fraction of sp³-hybridized carbons (Fsp3) is 0.368. The second-order valence-corrected chi connectivity index (χ2v) is 6.30. The van der Waals surface area contributed by atoms with E-state index >= 15 is 0 Å². The molecule has 1 unspecified atom stereocenters. The Morgan fingerprint density at radius 3 is 2.88 bits per heavy atom. The third-order valence-corrected chi connectivity index (χ3v) is 4.38. The zero-order valence-corrected chi connectivity index (χ0v) is 15.3. The Morgan fingerprint density at radius 1 is 1.31 bits per heavy atom. The van der Waals surface area contributed by atoms with Crippen LogP contribution in [0.2, 0.25) is 5.02 Å². The summed E-state index contributed by atoms with van der Waals surface area (Å²) in [5.41, 5.74) is 1.44. The van der Waals surface area contributed by atoms with Gasteiger partial charge in [0.1, 0.15) is 18.3 Å². The van der Waals surface area contributed by atoms with Crippen LogP contribution in [-0.4, -0.2) is 55.8 Å². The monoisotopic (exact) mass is 376 g/mol. The first-order valence-corrected chi connectivity index (χ1v) is 8.80. The third-order valence-electron chi connectivity index (χ3n) is 4.12. The molecule has 3 rings (SSSR count).